The topological polar surface area (TPSA) is 52.3 Å². The first-order chi connectivity index (χ1) is 8.22. The van der Waals surface area contributed by atoms with Gasteiger partial charge in [-0.3, -0.25) is 0 Å². The third-order valence-corrected chi connectivity index (χ3v) is 2.58. The Hall–Kier alpha value is -2.29. The molecule has 0 fully saturated rings. The van der Waals surface area contributed by atoms with Gasteiger partial charge in [0.1, 0.15) is 6.61 Å². The third kappa shape index (κ3) is 2.28. The number of ether oxygens (including phenoxy) is 1. The molecule has 0 aliphatic rings. The van der Waals surface area contributed by atoms with Crippen molar-refractivity contribution in [2.45, 2.75) is 6.61 Å². The van der Waals surface area contributed by atoms with Crippen molar-refractivity contribution >= 4 is 22.4 Å². The second-order valence-electron chi connectivity index (χ2n) is 3.67. The van der Waals surface area contributed by atoms with Crippen LogP contribution >= 0.6 is 0 Å². The smallest absolute Gasteiger partial charge is 0.330 e. The van der Waals surface area contributed by atoms with Crippen LogP contribution in [0.15, 0.2) is 49.1 Å². The van der Waals surface area contributed by atoms with E-state index in [1.54, 1.807) is 0 Å². The Morgan fingerprint density at radius 3 is 2.71 bits per heavy atom. The quantitative estimate of drug-likeness (QED) is 0.498. The zero-order valence-electron chi connectivity index (χ0n) is 9.35. The van der Waals surface area contributed by atoms with Gasteiger partial charge in [0.2, 0.25) is 0 Å². The van der Waals surface area contributed by atoms with E-state index in [0.29, 0.717) is 0 Å². The molecular formula is C14H13NO2. The van der Waals surface area contributed by atoms with Gasteiger partial charge in [-0.15, -0.1) is 0 Å². The first-order valence-electron chi connectivity index (χ1n) is 5.27. The van der Waals surface area contributed by atoms with Crippen LogP contribution in [-0.2, 0) is 16.1 Å². The van der Waals surface area contributed by atoms with Gasteiger partial charge < -0.3 is 10.5 Å². The molecule has 2 aromatic rings. The molecule has 0 unspecified atom stereocenters. The zero-order chi connectivity index (χ0) is 12.3. The molecule has 0 amide bonds. The number of anilines is 1. The Balaban J connectivity index is 2.37. The fourth-order valence-electron chi connectivity index (χ4n) is 1.73. The summed E-state index contributed by atoms with van der Waals surface area (Å²) in [5.74, 6) is -0.425. The van der Waals surface area contributed by atoms with Crippen molar-refractivity contribution < 1.29 is 9.53 Å². The van der Waals surface area contributed by atoms with Crippen molar-refractivity contribution in [2.24, 2.45) is 0 Å². The van der Waals surface area contributed by atoms with Crippen LogP contribution in [-0.4, -0.2) is 5.97 Å². The maximum absolute atomic E-state index is 11.0. The summed E-state index contributed by atoms with van der Waals surface area (Å²) in [7, 11) is 0. The highest BCUT2D eigenvalue weighted by Crippen LogP contribution is 2.24. The minimum Gasteiger partial charge on any atom is -0.458 e. The highest BCUT2D eigenvalue weighted by Gasteiger charge is 2.04. The normalized spacial score (nSPS) is 10.1. The molecule has 0 saturated carbocycles. The summed E-state index contributed by atoms with van der Waals surface area (Å²) in [5, 5.41) is 1.98. The number of hydrogen-bond donors (Lipinski definition) is 1. The van der Waals surface area contributed by atoms with Crippen LogP contribution in [0, 0.1) is 0 Å². The molecule has 86 valence electrons. The van der Waals surface area contributed by atoms with Crippen molar-refractivity contribution in [1.29, 1.82) is 0 Å². The lowest BCUT2D eigenvalue weighted by atomic mass is 10.0. The Morgan fingerprint density at radius 1 is 1.24 bits per heavy atom. The molecule has 0 aliphatic carbocycles. The molecule has 0 bridgehead atoms. The number of rotatable bonds is 3. The van der Waals surface area contributed by atoms with E-state index < -0.39 is 5.97 Å². The average Bonchev–Trinajstić information content (AvgIpc) is 2.36. The average molecular weight is 227 g/mol. The van der Waals surface area contributed by atoms with E-state index in [1.165, 1.54) is 0 Å². The van der Waals surface area contributed by atoms with Crippen molar-refractivity contribution in [3.05, 3.63) is 54.6 Å². The van der Waals surface area contributed by atoms with Gasteiger partial charge in [-0.05, 0) is 17.0 Å². The van der Waals surface area contributed by atoms with Crippen molar-refractivity contribution in [2.75, 3.05) is 5.73 Å². The molecule has 3 heteroatoms. The number of esters is 1. The molecule has 0 saturated heterocycles. The van der Waals surface area contributed by atoms with Crippen LogP contribution in [0.5, 0.6) is 0 Å². The fourth-order valence-corrected chi connectivity index (χ4v) is 1.73. The number of carbonyl (C=O) groups excluding carboxylic acids is 1. The second kappa shape index (κ2) is 4.70. The van der Waals surface area contributed by atoms with Gasteiger partial charge in [-0.25, -0.2) is 4.79 Å². The van der Waals surface area contributed by atoms with Crippen LogP contribution in [0.3, 0.4) is 0 Å². The van der Waals surface area contributed by atoms with E-state index >= 15 is 0 Å². The number of nitrogens with two attached hydrogens (primary N) is 1. The SMILES string of the molecule is C=CC(=O)OCc1cccc2c(N)cccc12. The predicted octanol–water partition coefficient (Wildman–Crippen LogP) is 2.65. The standard InChI is InChI=1S/C14H13NO2/c1-2-14(16)17-9-10-5-3-7-12-11(10)6-4-8-13(12)15/h2-8H,1,9,15H2. The largest absolute Gasteiger partial charge is 0.458 e. The third-order valence-electron chi connectivity index (χ3n) is 2.58. The monoisotopic (exact) mass is 227 g/mol. The molecule has 17 heavy (non-hydrogen) atoms. The fraction of sp³-hybridized carbons (Fsp3) is 0.0714. The van der Waals surface area contributed by atoms with Crippen LogP contribution in [0.25, 0.3) is 10.8 Å². The summed E-state index contributed by atoms with van der Waals surface area (Å²) in [5.41, 5.74) is 7.54. The molecule has 3 nitrogen and oxygen atoms in total. The first kappa shape index (κ1) is 11.2. The number of fused-ring (bicyclic) bond motifs is 1. The van der Waals surface area contributed by atoms with Crippen LogP contribution in [0.1, 0.15) is 5.56 Å². The Morgan fingerprint density at radius 2 is 1.94 bits per heavy atom. The molecule has 0 aliphatic heterocycles. The summed E-state index contributed by atoms with van der Waals surface area (Å²) < 4.78 is 5.03. The van der Waals surface area contributed by atoms with E-state index in [4.69, 9.17) is 10.5 Å². The highest BCUT2D eigenvalue weighted by atomic mass is 16.5. The number of benzene rings is 2. The summed E-state index contributed by atoms with van der Waals surface area (Å²) in [6.45, 7) is 3.58. The molecule has 2 aromatic carbocycles. The van der Waals surface area contributed by atoms with Crippen molar-refractivity contribution in [3.63, 3.8) is 0 Å². The summed E-state index contributed by atoms with van der Waals surface area (Å²) >= 11 is 0. The zero-order valence-corrected chi connectivity index (χ0v) is 9.35. The number of hydrogen-bond acceptors (Lipinski definition) is 3. The van der Waals surface area contributed by atoms with Gasteiger partial charge in [0.25, 0.3) is 0 Å². The number of nitrogen functional groups attached to an aromatic ring is 1. The minimum absolute atomic E-state index is 0.228. The molecule has 0 aromatic heterocycles. The van der Waals surface area contributed by atoms with Crippen molar-refractivity contribution in [3.8, 4) is 0 Å². The van der Waals surface area contributed by atoms with Crippen LogP contribution in [0.2, 0.25) is 0 Å². The predicted molar refractivity (Wildman–Crippen MR) is 68.4 cm³/mol. The van der Waals surface area contributed by atoms with Gasteiger partial charge in [-0.2, -0.15) is 0 Å². The van der Waals surface area contributed by atoms with Gasteiger partial charge in [0, 0.05) is 17.1 Å². The lowest BCUT2D eigenvalue weighted by Gasteiger charge is -2.08. The summed E-state index contributed by atoms with van der Waals surface area (Å²) in [6, 6.07) is 11.5. The Labute approximate surface area is 99.5 Å². The van der Waals surface area contributed by atoms with Gasteiger partial charge >= 0.3 is 5.97 Å². The minimum atomic E-state index is -0.425. The highest BCUT2D eigenvalue weighted by molar-refractivity contribution is 5.95. The summed E-state index contributed by atoms with van der Waals surface area (Å²) in [6.07, 6.45) is 1.15. The van der Waals surface area contributed by atoms with Gasteiger partial charge in [0.05, 0.1) is 0 Å². The lowest BCUT2D eigenvalue weighted by molar-refractivity contribution is -0.138. The van der Waals surface area contributed by atoms with Crippen LogP contribution < -0.4 is 5.73 Å². The lowest BCUT2D eigenvalue weighted by Crippen LogP contribution is -2.01. The second-order valence-corrected chi connectivity index (χ2v) is 3.67. The molecular weight excluding hydrogens is 214 g/mol. The molecule has 0 spiro atoms. The van der Waals surface area contributed by atoms with E-state index in [1.807, 2.05) is 36.4 Å². The molecule has 0 heterocycles. The summed E-state index contributed by atoms with van der Waals surface area (Å²) in [4.78, 5) is 11.0. The Bertz CT molecular complexity index is 575. The Kier molecular flexibility index (Phi) is 3.10. The van der Waals surface area contributed by atoms with E-state index in [2.05, 4.69) is 6.58 Å². The van der Waals surface area contributed by atoms with Crippen molar-refractivity contribution in [1.82, 2.24) is 0 Å². The maximum Gasteiger partial charge on any atom is 0.330 e. The maximum atomic E-state index is 11.0. The molecule has 0 radical (unpaired) electrons. The van der Waals surface area contributed by atoms with E-state index in [0.717, 1.165) is 28.1 Å². The molecule has 2 N–H and O–H groups in total. The molecule has 2 rings (SSSR count). The van der Waals surface area contributed by atoms with Crippen LogP contribution in [0.4, 0.5) is 5.69 Å². The first-order valence-corrected chi connectivity index (χ1v) is 5.27. The van der Waals surface area contributed by atoms with E-state index in [9.17, 15) is 4.79 Å². The molecule has 0 atom stereocenters. The van der Waals surface area contributed by atoms with Gasteiger partial charge in [0.15, 0.2) is 0 Å². The number of carbonyl (C=O) groups is 1. The van der Waals surface area contributed by atoms with E-state index in [-0.39, 0.29) is 6.61 Å². The van der Waals surface area contributed by atoms with Gasteiger partial charge in [-0.1, -0.05) is 36.9 Å².